The van der Waals surface area contributed by atoms with Crippen molar-refractivity contribution in [3.05, 3.63) is 34.3 Å². The first-order valence-corrected chi connectivity index (χ1v) is 5.27. The SMILES string of the molecule is CSCc1ccc(C=O)c(Cl)c1. The van der Waals surface area contributed by atoms with Crippen LogP contribution in [0.5, 0.6) is 0 Å². The highest BCUT2D eigenvalue weighted by Crippen LogP contribution is 2.18. The number of benzene rings is 1. The van der Waals surface area contributed by atoms with E-state index in [0.717, 1.165) is 17.6 Å². The number of halogens is 1. The summed E-state index contributed by atoms with van der Waals surface area (Å²) in [6, 6.07) is 5.51. The molecule has 0 radical (unpaired) electrons. The second-order valence-corrected chi connectivity index (χ2v) is 3.68. The fraction of sp³-hybridized carbons (Fsp3) is 0.222. The average molecular weight is 201 g/mol. The lowest BCUT2D eigenvalue weighted by molar-refractivity contribution is 0.112. The van der Waals surface area contributed by atoms with Crippen LogP contribution in [-0.2, 0) is 5.75 Å². The molecule has 0 saturated heterocycles. The summed E-state index contributed by atoms with van der Waals surface area (Å²) < 4.78 is 0. The maximum absolute atomic E-state index is 10.4. The quantitative estimate of drug-likeness (QED) is 0.698. The van der Waals surface area contributed by atoms with Crippen molar-refractivity contribution in [3.8, 4) is 0 Å². The molecule has 0 fully saturated rings. The first kappa shape index (κ1) is 9.62. The number of thioether (sulfide) groups is 1. The van der Waals surface area contributed by atoms with Crippen LogP contribution in [0.1, 0.15) is 15.9 Å². The Balaban J connectivity index is 2.93. The molecule has 0 aromatic heterocycles. The molecule has 0 unspecified atom stereocenters. The lowest BCUT2D eigenvalue weighted by Crippen LogP contribution is -1.85. The monoisotopic (exact) mass is 200 g/mol. The third-order valence-electron chi connectivity index (χ3n) is 1.50. The maximum Gasteiger partial charge on any atom is 0.151 e. The lowest BCUT2D eigenvalue weighted by atomic mass is 10.2. The number of rotatable bonds is 3. The van der Waals surface area contributed by atoms with Crippen LogP contribution in [-0.4, -0.2) is 12.5 Å². The molecule has 0 aliphatic rings. The molecule has 0 aliphatic carbocycles. The van der Waals surface area contributed by atoms with E-state index in [4.69, 9.17) is 11.6 Å². The van der Waals surface area contributed by atoms with Crippen molar-refractivity contribution in [2.24, 2.45) is 0 Å². The first-order chi connectivity index (χ1) is 5.77. The number of aldehydes is 1. The Morgan fingerprint density at radius 2 is 2.33 bits per heavy atom. The van der Waals surface area contributed by atoms with Gasteiger partial charge in [0.1, 0.15) is 0 Å². The summed E-state index contributed by atoms with van der Waals surface area (Å²) in [5.74, 6) is 0.929. The van der Waals surface area contributed by atoms with Gasteiger partial charge in [-0.15, -0.1) is 0 Å². The third kappa shape index (κ3) is 2.26. The van der Waals surface area contributed by atoms with Crippen molar-refractivity contribution in [1.82, 2.24) is 0 Å². The van der Waals surface area contributed by atoms with Crippen LogP contribution in [0.25, 0.3) is 0 Å². The molecule has 1 aromatic carbocycles. The maximum atomic E-state index is 10.4. The Bertz CT molecular complexity index is 286. The largest absolute Gasteiger partial charge is 0.298 e. The van der Waals surface area contributed by atoms with E-state index in [1.54, 1.807) is 17.8 Å². The number of hydrogen-bond acceptors (Lipinski definition) is 2. The molecule has 12 heavy (non-hydrogen) atoms. The normalized spacial score (nSPS) is 9.83. The van der Waals surface area contributed by atoms with Crippen LogP contribution in [0.3, 0.4) is 0 Å². The second kappa shape index (κ2) is 4.53. The fourth-order valence-corrected chi connectivity index (χ4v) is 1.68. The summed E-state index contributed by atoms with van der Waals surface area (Å²) in [6.07, 6.45) is 2.80. The van der Waals surface area contributed by atoms with Gasteiger partial charge in [-0.05, 0) is 24.0 Å². The second-order valence-electron chi connectivity index (χ2n) is 2.41. The van der Waals surface area contributed by atoms with Crippen molar-refractivity contribution in [3.63, 3.8) is 0 Å². The van der Waals surface area contributed by atoms with Gasteiger partial charge in [0.25, 0.3) is 0 Å². The molecule has 1 nitrogen and oxygen atoms in total. The first-order valence-electron chi connectivity index (χ1n) is 3.50. The zero-order valence-electron chi connectivity index (χ0n) is 6.71. The molecule has 64 valence electrons. The van der Waals surface area contributed by atoms with Crippen LogP contribution >= 0.6 is 23.4 Å². The van der Waals surface area contributed by atoms with E-state index in [9.17, 15) is 4.79 Å². The minimum atomic E-state index is 0.538. The smallest absolute Gasteiger partial charge is 0.151 e. The van der Waals surface area contributed by atoms with E-state index in [0.29, 0.717) is 10.6 Å². The van der Waals surface area contributed by atoms with E-state index in [2.05, 4.69) is 0 Å². The van der Waals surface area contributed by atoms with Gasteiger partial charge in [0.05, 0.1) is 5.02 Å². The minimum Gasteiger partial charge on any atom is -0.298 e. The third-order valence-corrected chi connectivity index (χ3v) is 2.45. The average Bonchev–Trinajstić information content (AvgIpc) is 2.05. The Labute approximate surface area is 81.1 Å². The van der Waals surface area contributed by atoms with Crippen molar-refractivity contribution in [2.75, 3.05) is 6.26 Å². The molecule has 0 saturated carbocycles. The number of carbonyl (C=O) groups excluding carboxylic acids is 1. The minimum absolute atomic E-state index is 0.538. The van der Waals surface area contributed by atoms with Gasteiger partial charge < -0.3 is 0 Å². The van der Waals surface area contributed by atoms with Gasteiger partial charge in [0.2, 0.25) is 0 Å². The Morgan fingerprint density at radius 3 is 2.83 bits per heavy atom. The van der Waals surface area contributed by atoms with Crippen LogP contribution < -0.4 is 0 Å². The van der Waals surface area contributed by atoms with E-state index >= 15 is 0 Å². The molecule has 0 amide bonds. The predicted molar refractivity (Wildman–Crippen MR) is 54.1 cm³/mol. The molecule has 1 rings (SSSR count). The molecule has 3 heteroatoms. The highest BCUT2D eigenvalue weighted by molar-refractivity contribution is 7.97. The molecular formula is C9H9ClOS. The van der Waals surface area contributed by atoms with E-state index in [1.165, 1.54) is 0 Å². The predicted octanol–water partition coefficient (Wildman–Crippen LogP) is 3.02. The van der Waals surface area contributed by atoms with Gasteiger partial charge in [-0.25, -0.2) is 0 Å². The zero-order chi connectivity index (χ0) is 8.97. The van der Waals surface area contributed by atoms with Gasteiger partial charge in [0, 0.05) is 11.3 Å². The number of carbonyl (C=O) groups is 1. The van der Waals surface area contributed by atoms with Gasteiger partial charge in [-0.3, -0.25) is 4.79 Å². The van der Waals surface area contributed by atoms with Gasteiger partial charge in [-0.2, -0.15) is 11.8 Å². The molecule has 0 N–H and O–H groups in total. The zero-order valence-corrected chi connectivity index (χ0v) is 8.28. The lowest BCUT2D eigenvalue weighted by Gasteiger charge is -2.00. The molecule has 0 atom stereocenters. The summed E-state index contributed by atoms with van der Waals surface area (Å²) in [5.41, 5.74) is 1.71. The van der Waals surface area contributed by atoms with Crippen LogP contribution in [0, 0.1) is 0 Å². The summed E-state index contributed by atoms with van der Waals surface area (Å²) in [5, 5.41) is 0.538. The standard InChI is InChI=1S/C9H9ClOS/c1-12-6-7-2-3-8(5-11)9(10)4-7/h2-5H,6H2,1H3. The van der Waals surface area contributed by atoms with Crippen molar-refractivity contribution in [1.29, 1.82) is 0 Å². The van der Waals surface area contributed by atoms with E-state index in [1.807, 2.05) is 18.4 Å². The summed E-state index contributed by atoms with van der Waals surface area (Å²) >= 11 is 7.55. The Morgan fingerprint density at radius 1 is 1.58 bits per heavy atom. The molecule has 0 aliphatic heterocycles. The highest BCUT2D eigenvalue weighted by atomic mass is 35.5. The highest BCUT2D eigenvalue weighted by Gasteiger charge is 1.99. The van der Waals surface area contributed by atoms with Gasteiger partial charge in [0.15, 0.2) is 6.29 Å². The molecule has 0 heterocycles. The fourth-order valence-electron chi connectivity index (χ4n) is 0.923. The van der Waals surface area contributed by atoms with Crippen molar-refractivity contribution in [2.45, 2.75) is 5.75 Å². The summed E-state index contributed by atoms with van der Waals surface area (Å²) in [4.78, 5) is 10.4. The Kier molecular flexibility index (Phi) is 3.63. The van der Waals surface area contributed by atoms with E-state index < -0.39 is 0 Å². The van der Waals surface area contributed by atoms with Crippen molar-refractivity contribution >= 4 is 29.6 Å². The van der Waals surface area contributed by atoms with Crippen molar-refractivity contribution < 1.29 is 4.79 Å². The Hall–Kier alpha value is -0.470. The molecule has 1 aromatic rings. The van der Waals surface area contributed by atoms with Crippen LogP contribution in [0.2, 0.25) is 5.02 Å². The van der Waals surface area contributed by atoms with Crippen LogP contribution in [0.15, 0.2) is 18.2 Å². The molecular weight excluding hydrogens is 192 g/mol. The van der Waals surface area contributed by atoms with Gasteiger partial charge >= 0.3 is 0 Å². The summed E-state index contributed by atoms with van der Waals surface area (Å²) in [6.45, 7) is 0. The van der Waals surface area contributed by atoms with Crippen LogP contribution in [0.4, 0.5) is 0 Å². The van der Waals surface area contributed by atoms with Gasteiger partial charge in [-0.1, -0.05) is 17.7 Å². The molecule has 0 bridgehead atoms. The topological polar surface area (TPSA) is 17.1 Å². The van der Waals surface area contributed by atoms with E-state index in [-0.39, 0.29) is 0 Å². The summed E-state index contributed by atoms with van der Waals surface area (Å²) in [7, 11) is 0. The number of hydrogen-bond donors (Lipinski definition) is 0. The molecule has 0 spiro atoms.